The first-order valence-electron chi connectivity index (χ1n) is 10.5. The Hall–Kier alpha value is -3.55. The zero-order valence-electron chi connectivity index (χ0n) is 18.8. The van der Waals surface area contributed by atoms with Gasteiger partial charge in [0, 0.05) is 6.54 Å². The summed E-state index contributed by atoms with van der Waals surface area (Å²) in [7, 11) is 2.92. The van der Waals surface area contributed by atoms with Gasteiger partial charge < -0.3 is 19.5 Å². The maximum atomic E-state index is 13.3. The van der Waals surface area contributed by atoms with Gasteiger partial charge in [-0.25, -0.2) is 9.59 Å². The quantitative estimate of drug-likeness (QED) is 0.365. The molecule has 1 unspecified atom stereocenters. The Kier molecular flexibility index (Phi) is 7.02. The first-order chi connectivity index (χ1) is 15.4. The largest absolute Gasteiger partial charge is 0.496 e. The zero-order valence-corrected chi connectivity index (χ0v) is 18.8. The average Bonchev–Trinajstić information content (AvgIpc) is 3.06. The van der Waals surface area contributed by atoms with E-state index < -0.39 is 17.5 Å². The lowest BCUT2D eigenvalue weighted by molar-refractivity contribution is -0.131. The second-order valence-corrected chi connectivity index (χ2v) is 7.55. The molecule has 0 radical (unpaired) electrons. The van der Waals surface area contributed by atoms with Crippen LogP contribution in [0.15, 0.2) is 42.5 Å². The van der Waals surface area contributed by atoms with Gasteiger partial charge in [0.2, 0.25) is 0 Å². The third-order valence-electron chi connectivity index (χ3n) is 5.66. The van der Waals surface area contributed by atoms with Crippen LogP contribution in [0, 0.1) is 6.92 Å². The standard InChI is InChI=1S/C24H28N2O6/c1-5-24(18-9-12-20(30-3)16(2)15-18)22(28)26(23(29)25-24)13-6-14-32-19-10-7-17(8-11-19)21(27)31-4/h7-12,15H,5-6,13-14H2,1-4H3,(H,25,29). The van der Waals surface area contributed by atoms with Crippen LogP contribution in [0.5, 0.6) is 11.5 Å². The summed E-state index contributed by atoms with van der Waals surface area (Å²) in [4.78, 5) is 38.6. The van der Waals surface area contributed by atoms with E-state index in [4.69, 9.17) is 9.47 Å². The number of aryl methyl sites for hydroxylation is 1. The molecule has 1 aliphatic heterocycles. The number of carbonyl (C=O) groups excluding carboxylic acids is 3. The fourth-order valence-corrected chi connectivity index (χ4v) is 3.83. The SMILES string of the molecule is CCC1(c2ccc(OC)c(C)c2)NC(=O)N(CCCOc2ccc(C(=O)OC)cc2)C1=O. The highest BCUT2D eigenvalue weighted by Gasteiger charge is 2.51. The Morgan fingerprint density at radius 3 is 2.41 bits per heavy atom. The van der Waals surface area contributed by atoms with Crippen molar-refractivity contribution in [3.05, 3.63) is 59.2 Å². The number of esters is 1. The predicted molar refractivity (Wildman–Crippen MR) is 118 cm³/mol. The highest BCUT2D eigenvalue weighted by Crippen LogP contribution is 2.34. The van der Waals surface area contributed by atoms with Crippen LogP contribution >= 0.6 is 0 Å². The van der Waals surface area contributed by atoms with Crippen LogP contribution in [0.1, 0.15) is 41.3 Å². The van der Waals surface area contributed by atoms with Gasteiger partial charge in [0.15, 0.2) is 0 Å². The Bertz CT molecular complexity index is 1000. The molecular weight excluding hydrogens is 412 g/mol. The highest BCUT2D eigenvalue weighted by molar-refractivity contribution is 6.07. The summed E-state index contributed by atoms with van der Waals surface area (Å²) < 4.78 is 15.6. The van der Waals surface area contributed by atoms with E-state index in [1.807, 2.05) is 32.0 Å². The molecule has 1 atom stereocenters. The average molecular weight is 440 g/mol. The number of amides is 3. The summed E-state index contributed by atoms with van der Waals surface area (Å²) >= 11 is 0. The lowest BCUT2D eigenvalue weighted by atomic mass is 9.86. The van der Waals surface area contributed by atoms with E-state index >= 15 is 0 Å². The molecule has 0 aromatic heterocycles. The van der Waals surface area contributed by atoms with E-state index in [9.17, 15) is 14.4 Å². The van der Waals surface area contributed by atoms with Gasteiger partial charge in [-0.15, -0.1) is 0 Å². The number of rotatable bonds is 9. The molecule has 0 saturated carbocycles. The van der Waals surface area contributed by atoms with Gasteiger partial charge in [0.1, 0.15) is 17.0 Å². The molecule has 0 bridgehead atoms. The first kappa shape index (κ1) is 23.1. The molecule has 3 amide bonds. The number of benzene rings is 2. The van der Waals surface area contributed by atoms with Gasteiger partial charge >= 0.3 is 12.0 Å². The Morgan fingerprint density at radius 1 is 1.09 bits per heavy atom. The Balaban J connectivity index is 1.62. The van der Waals surface area contributed by atoms with E-state index in [2.05, 4.69) is 10.1 Å². The number of methoxy groups -OCH3 is 2. The fraction of sp³-hybridized carbons (Fsp3) is 0.375. The van der Waals surface area contributed by atoms with Gasteiger partial charge in [-0.2, -0.15) is 0 Å². The van der Waals surface area contributed by atoms with Gasteiger partial charge in [0.25, 0.3) is 5.91 Å². The second-order valence-electron chi connectivity index (χ2n) is 7.55. The molecule has 8 heteroatoms. The highest BCUT2D eigenvalue weighted by atomic mass is 16.5. The molecule has 2 aromatic rings. The lowest BCUT2D eigenvalue weighted by Gasteiger charge is -2.26. The molecule has 1 saturated heterocycles. The molecular formula is C24H28N2O6. The van der Waals surface area contributed by atoms with Gasteiger partial charge in [0.05, 0.1) is 26.4 Å². The van der Waals surface area contributed by atoms with E-state index in [0.717, 1.165) is 16.9 Å². The first-order valence-corrected chi connectivity index (χ1v) is 10.5. The van der Waals surface area contributed by atoms with Crippen LogP contribution in [0.3, 0.4) is 0 Å². The summed E-state index contributed by atoms with van der Waals surface area (Å²) in [5.41, 5.74) is 0.980. The third kappa shape index (κ3) is 4.39. The lowest BCUT2D eigenvalue weighted by Crippen LogP contribution is -2.43. The number of hydrogen-bond donors (Lipinski definition) is 1. The molecule has 8 nitrogen and oxygen atoms in total. The number of imide groups is 1. The van der Waals surface area contributed by atoms with E-state index in [1.165, 1.54) is 12.0 Å². The van der Waals surface area contributed by atoms with Crippen LogP contribution < -0.4 is 14.8 Å². The summed E-state index contributed by atoms with van der Waals surface area (Å²) in [6, 6.07) is 11.7. The number of hydrogen-bond acceptors (Lipinski definition) is 6. The van der Waals surface area contributed by atoms with Crippen molar-refractivity contribution >= 4 is 17.9 Å². The van der Waals surface area contributed by atoms with Crippen LogP contribution in [0.4, 0.5) is 4.79 Å². The van der Waals surface area contributed by atoms with Gasteiger partial charge in [-0.05, 0) is 67.3 Å². The number of nitrogens with zero attached hydrogens (tertiary/aromatic N) is 1. The second kappa shape index (κ2) is 9.72. The van der Waals surface area contributed by atoms with Crippen LogP contribution in [-0.2, 0) is 15.1 Å². The van der Waals surface area contributed by atoms with Crippen molar-refractivity contribution in [1.82, 2.24) is 10.2 Å². The Morgan fingerprint density at radius 2 is 1.81 bits per heavy atom. The maximum Gasteiger partial charge on any atom is 0.337 e. The summed E-state index contributed by atoms with van der Waals surface area (Å²) in [5, 5.41) is 2.89. The number of nitrogens with one attached hydrogen (secondary N) is 1. The van der Waals surface area contributed by atoms with E-state index in [0.29, 0.717) is 30.8 Å². The minimum Gasteiger partial charge on any atom is -0.496 e. The summed E-state index contributed by atoms with van der Waals surface area (Å²) in [6.07, 6.45) is 0.905. The van der Waals surface area contributed by atoms with Crippen molar-refractivity contribution < 1.29 is 28.6 Å². The van der Waals surface area contributed by atoms with Crippen molar-refractivity contribution in [3.8, 4) is 11.5 Å². The normalized spacial score (nSPS) is 17.8. The predicted octanol–water partition coefficient (Wildman–Crippen LogP) is 3.42. The number of ether oxygens (including phenoxy) is 3. The van der Waals surface area contributed by atoms with Gasteiger partial charge in [-0.3, -0.25) is 9.69 Å². The molecule has 170 valence electrons. The monoisotopic (exact) mass is 440 g/mol. The van der Waals surface area contributed by atoms with Crippen LogP contribution in [-0.4, -0.2) is 50.2 Å². The van der Waals surface area contributed by atoms with Gasteiger partial charge in [-0.1, -0.05) is 13.0 Å². The zero-order chi connectivity index (χ0) is 23.3. The molecule has 1 fully saturated rings. The fourth-order valence-electron chi connectivity index (χ4n) is 3.83. The molecule has 0 spiro atoms. The molecule has 0 aliphatic carbocycles. The molecule has 1 N–H and O–H groups in total. The number of carbonyl (C=O) groups is 3. The smallest absolute Gasteiger partial charge is 0.337 e. The van der Waals surface area contributed by atoms with Crippen molar-refractivity contribution in [3.63, 3.8) is 0 Å². The molecule has 32 heavy (non-hydrogen) atoms. The van der Waals surface area contributed by atoms with Crippen molar-refractivity contribution in [2.75, 3.05) is 27.4 Å². The topological polar surface area (TPSA) is 94.2 Å². The summed E-state index contributed by atoms with van der Waals surface area (Å²) in [5.74, 6) is 0.635. The maximum absolute atomic E-state index is 13.3. The molecule has 2 aromatic carbocycles. The van der Waals surface area contributed by atoms with Crippen LogP contribution in [0.25, 0.3) is 0 Å². The molecule has 1 heterocycles. The minimum absolute atomic E-state index is 0.238. The van der Waals surface area contributed by atoms with Crippen molar-refractivity contribution in [2.24, 2.45) is 0 Å². The minimum atomic E-state index is -1.08. The Labute approximate surface area is 187 Å². The van der Waals surface area contributed by atoms with E-state index in [1.54, 1.807) is 31.4 Å². The number of urea groups is 1. The van der Waals surface area contributed by atoms with E-state index in [-0.39, 0.29) is 12.5 Å². The van der Waals surface area contributed by atoms with Crippen LogP contribution in [0.2, 0.25) is 0 Å². The summed E-state index contributed by atoms with van der Waals surface area (Å²) in [6.45, 7) is 4.33. The third-order valence-corrected chi connectivity index (χ3v) is 5.66. The molecule has 1 aliphatic rings. The van der Waals surface area contributed by atoms with Crippen molar-refractivity contribution in [1.29, 1.82) is 0 Å². The van der Waals surface area contributed by atoms with Crippen molar-refractivity contribution in [2.45, 2.75) is 32.2 Å². The molecule has 3 rings (SSSR count).